The maximum atomic E-state index is 12.9. The van der Waals surface area contributed by atoms with Crippen molar-refractivity contribution in [2.24, 2.45) is 5.10 Å². The van der Waals surface area contributed by atoms with Crippen LogP contribution in [0.25, 0.3) is 0 Å². The number of methoxy groups -OCH3 is 3. The van der Waals surface area contributed by atoms with Gasteiger partial charge in [0.2, 0.25) is 5.75 Å². The molecule has 132 valence electrons. The summed E-state index contributed by atoms with van der Waals surface area (Å²) in [6, 6.07) is 8.88. The maximum Gasteiger partial charge on any atom is 0.271 e. The van der Waals surface area contributed by atoms with E-state index in [4.69, 9.17) is 14.2 Å². The highest BCUT2D eigenvalue weighted by Gasteiger charge is 2.16. The molecule has 0 aliphatic rings. The first kappa shape index (κ1) is 18.3. The number of carbonyl (C=O) groups excluding carboxylic acids is 1. The van der Waals surface area contributed by atoms with Crippen molar-refractivity contribution in [2.45, 2.75) is 6.92 Å². The minimum Gasteiger partial charge on any atom is -0.493 e. The lowest BCUT2D eigenvalue weighted by molar-refractivity contribution is 0.0954. The molecule has 0 aromatic heterocycles. The Morgan fingerprint density at radius 2 is 1.52 bits per heavy atom. The standard InChI is InChI=1S/C18H19FN2O4/c1-11(12-5-7-14(19)8-6-12)20-21-18(22)13-9-15(23-2)17(25-4)16(10-13)24-3/h5-10H,1-4H3,(H,21,22)/b20-11+. The first-order chi connectivity index (χ1) is 12.0. The van der Waals surface area contributed by atoms with Crippen LogP contribution in [0.1, 0.15) is 22.8 Å². The fourth-order valence-electron chi connectivity index (χ4n) is 2.17. The van der Waals surface area contributed by atoms with Crippen molar-refractivity contribution in [3.8, 4) is 17.2 Å². The van der Waals surface area contributed by atoms with Gasteiger partial charge in [-0.2, -0.15) is 5.10 Å². The number of hydrazone groups is 1. The Bertz CT molecular complexity index is 763. The highest BCUT2D eigenvalue weighted by molar-refractivity contribution is 6.01. The van der Waals surface area contributed by atoms with Crippen LogP contribution in [0, 0.1) is 5.82 Å². The van der Waals surface area contributed by atoms with Crippen LogP contribution in [-0.4, -0.2) is 32.9 Å². The van der Waals surface area contributed by atoms with E-state index in [9.17, 15) is 9.18 Å². The van der Waals surface area contributed by atoms with E-state index >= 15 is 0 Å². The lowest BCUT2D eigenvalue weighted by Gasteiger charge is -2.13. The molecule has 1 amide bonds. The molecule has 0 bridgehead atoms. The van der Waals surface area contributed by atoms with Gasteiger partial charge < -0.3 is 14.2 Å². The molecule has 0 aliphatic heterocycles. The van der Waals surface area contributed by atoms with E-state index in [-0.39, 0.29) is 5.82 Å². The van der Waals surface area contributed by atoms with Crippen molar-refractivity contribution in [3.05, 3.63) is 53.3 Å². The van der Waals surface area contributed by atoms with E-state index < -0.39 is 5.91 Å². The molecule has 0 unspecified atom stereocenters. The summed E-state index contributed by atoms with van der Waals surface area (Å²) < 4.78 is 28.6. The van der Waals surface area contributed by atoms with Gasteiger partial charge in [0.1, 0.15) is 5.82 Å². The second-order valence-electron chi connectivity index (χ2n) is 5.06. The number of rotatable bonds is 6. The topological polar surface area (TPSA) is 69.2 Å². The van der Waals surface area contributed by atoms with E-state index in [0.29, 0.717) is 34.1 Å². The number of amides is 1. The molecule has 0 atom stereocenters. The molecule has 0 saturated heterocycles. The Morgan fingerprint density at radius 1 is 0.960 bits per heavy atom. The fraction of sp³-hybridized carbons (Fsp3) is 0.222. The molecule has 2 rings (SSSR count). The van der Waals surface area contributed by atoms with Crippen molar-refractivity contribution < 1.29 is 23.4 Å². The Kier molecular flexibility index (Phi) is 5.94. The molecule has 0 aliphatic carbocycles. The van der Waals surface area contributed by atoms with E-state index in [1.54, 1.807) is 19.1 Å². The molecule has 7 heteroatoms. The van der Waals surface area contributed by atoms with Crippen molar-refractivity contribution in [2.75, 3.05) is 21.3 Å². The number of benzene rings is 2. The van der Waals surface area contributed by atoms with Crippen LogP contribution in [0.3, 0.4) is 0 Å². The van der Waals surface area contributed by atoms with E-state index in [1.165, 1.54) is 45.6 Å². The molecule has 2 aromatic rings. The highest BCUT2D eigenvalue weighted by Crippen LogP contribution is 2.38. The van der Waals surface area contributed by atoms with Crippen LogP contribution in [0.5, 0.6) is 17.2 Å². The third-order valence-electron chi connectivity index (χ3n) is 3.51. The molecule has 6 nitrogen and oxygen atoms in total. The Balaban J connectivity index is 2.23. The second kappa shape index (κ2) is 8.14. The summed E-state index contributed by atoms with van der Waals surface area (Å²) in [6.45, 7) is 1.71. The monoisotopic (exact) mass is 346 g/mol. The molecular formula is C18H19FN2O4. The summed E-state index contributed by atoms with van der Waals surface area (Å²) in [4.78, 5) is 12.3. The summed E-state index contributed by atoms with van der Waals surface area (Å²) in [6.07, 6.45) is 0. The molecule has 0 saturated carbocycles. The predicted molar refractivity (Wildman–Crippen MR) is 92.2 cm³/mol. The largest absolute Gasteiger partial charge is 0.493 e. The summed E-state index contributed by atoms with van der Waals surface area (Å²) in [5.74, 6) is 0.351. The van der Waals surface area contributed by atoms with Crippen LogP contribution >= 0.6 is 0 Å². The van der Waals surface area contributed by atoms with Gasteiger partial charge >= 0.3 is 0 Å². The number of ether oxygens (including phenoxy) is 3. The van der Waals surface area contributed by atoms with Gasteiger partial charge in [-0.05, 0) is 36.8 Å². The van der Waals surface area contributed by atoms with Gasteiger partial charge in [0.25, 0.3) is 5.91 Å². The van der Waals surface area contributed by atoms with Crippen LogP contribution in [0.15, 0.2) is 41.5 Å². The van der Waals surface area contributed by atoms with Gasteiger partial charge in [0.05, 0.1) is 27.0 Å². The molecule has 0 heterocycles. The molecular weight excluding hydrogens is 327 g/mol. The molecule has 0 spiro atoms. The lowest BCUT2D eigenvalue weighted by Crippen LogP contribution is -2.19. The fourth-order valence-corrected chi connectivity index (χ4v) is 2.17. The number of nitrogens with zero attached hydrogens (tertiary/aromatic N) is 1. The van der Waals surface area contributed by atoms with Crippen molar-refractivity contribution in [3.63, 3.8) is 0 Å². The van der Waals surface area contributed by atoms with Gasteiger partial charge in [0.15, 0.2) is 11.5 Å². The minimum absolute atomic E-state index is 0.296. The van der Waals surface area contributed by atoms with E-state index in [1.807, 2.05) is 0 Å². The summed E-state index contributed by atoms with van der Waals surface area (Å²) in [5, 5.41) is 4.04. The van der Waals surface area contributed by atoms with Crippen LogP contribution < -0.4 is 19.6 Å². The van der Waals surface area contributed by atoms with Gasteiger partial charge in [-0.25, -0.2) is 9.82 Å². The normalized spacial score (nSPS) is 11.0. The van der Waals surface area contributed by atoms with Gasteiger partial charge in [-0.15, -0.1) is 0 Å². The van der Waals surface area contributed by atoms with Crippen molar-refractivity contribution >= 4 is 11.6 Å². The van der Waals surface area contributed by atoms with Crippen LogP contribution in [0.2, 0.25) is 0 Å². The minimum atomic E-state index is -0.444. The molecule has 0 fully saturated rings. The van der Waals surface area contributed by atoms with Crippen LogP contribution in [-0.2, 0) is 0 Å². The summed E-state index contributed by atoms with van der Waals surface area (Å²) >= 11 is 0. The number of halogens is 1. The predicted octanol–water partition coefficient (Wildman–Crippen LogP) is 3.01. The number of hydrogen-bond donors (Lipinski definition) is 1. The average molecular weight is 346 g/mol. The van der Waals surface area contributed by atoms with Gasteiger partial charge in [-0.3, -0.25) is 4.79 Å². The third kappa shape index (κ3) is 4.26. The van der Waals surface area contributed by atoms with Crippen molar-refractivity contribution in [1.29, 1.82) is 0 Å². The van der Waals surface area contributed by atoms with Gasteiger partial charge in [0, 0.05) is 5.56 Å². The van der Waals surface area contributed by atoms with Gasteiger partial charge in [-0.1, -0.05) is 12.1 Å². The highest BCUT2D eigenvalue weighted by atomic mass is 19.1. The Morgan fingerprint density at radius 3 is 2.00 bits per heavy atom. The zero-order valence-electron chi connectivity index (χ0n) is 14.4. The molecule has 2 aromatic carbocycles. The van der Waals surface area contributed by atoms with E-state index in [2.05, 4.69) is 10.5 Å². The maximum absolute atomic E-state index is 12.9. The third-order valence-corrected chi connectivity index (χ3v) is 3.51. The average Bonchev–Trinajstić information content (AvgIpc) is 2.64. The second-order valence-corrected chi connectivity index (χ2v) is 5.06. The lowest BCUT2D eigenvalue weighted by atomic mass is 10.1. The molecule has 1 N–H and O–H groups in total. The molecule has 0 radical (unpaired) electrons. The molecule has 25 heavy (non-hydrogen) atoms. The Labute approximate surface area is 145 Å². The number of hydrogen-bond acceptors (Lipinski definition) is 5. The number of carbonyl (C=O) groups is 1. The summed E-state index contributed by atoms with van der Waals surface area (Å²) in [5.41, 5.74) is 3.99. The smallest absolute Gasteiger partial charge is 0.271 e. The Hall–Kier alpha value is -3.09. The van der Waals surface area contributed by atoms with Crippen LogP contribution in [0.4, 0.5) is 4.39 Å². The SMILES string of the molecule is COc1cc(C(=O)N/N=C(\C)c2ccc(F)cc2)cc(OC)c1OC. The van der Waals surface area contributed by atoms with Crippen molar-refractivity contribution in [1.82, 2.24) is 5.43 Å². The zero-order chi connectivity index (χ0) is 18.4. The zero-order valence-corrected chi connectivity index (χ0v) is 14.4. The first-order valence-electron chi connectivity index (χ1n) is 7.40. The first-order valence-corrected chi connectivity index (χ1v) is 7.40. The summed E-state index contributed by atoms with van der Waals surface area (Å²) in [7, 11) is 4.42. The van der Waals surface area contributed by atoms with E-state index in [0.717, 1.165) is 0 Å². The number of nitrogens with one attached hydrogen (secondary N) is 1. The quantitative estimate of drug-likeness (QED) is 0.645.